The van der Waals surface area contributed by atoms with E-state index >= 15 is 0 Å². The number of aliphatic hydroxyl groups is 1. The molecule has 1 saturated carbocycles. The number of nitrogens with zero attached hydrogens (tertiary/aromatic N) is 3. The number of benzene rings is 2. The maximum atomic E-state index is 13.2. The van der Waals surface area contributed by atoms with E-state index in [1.165, 1.54) is 31.2 Å². The first kappa shape index (κ1) is 28.2. The van der Waals surface area contributed by atoms with E-state index in [9.17, 15) is 24.8 Å². The molecule has 11 heteroatoms. The van der Waals surface area contributed by atoms with Gasteiger partial charge in [-0.25, -0.2) is 4.79 Å². The Morgan fingerprint density at radius 2 is 1.90 bits per heavy atom. The summed E-state index contributed by atoms with van der Waals surface area (Å²) in [5.41, 5.74) is -1.22. The number of carbonyl (C=O) groups excluding carboxylic acids is 2. The molecule has 4 aliphatic rings. The highest BCUT2D eigenvalue weighted by molar-refractivity contribution is 5.89. The van der Waals surface area contributed by atoms with Gasteiger partial charge in [0.2, 0.25) is 0 Å². The molecule has 6 rings (SSSR count). The van der Waals surface area contributed by atoms with E-state index in [4.69, 9.17) is 14.2 Å². The third-order valence-corrected chi connectivity index (χ3v) is 9.96. The summed E-state index contributed by atoms with van der Waals surface area (Å²) in [7, 11) is 3.52. The highest BCUT2D eigenvalue weighted by Crippen LogP contribution is 2.67. The van der Waals surface area contributed by atoms with E-state index < -0.39 is 52.0 Å². The van der Waals surface area contributed by atoms with Crippen molar-refractivity contribution in [1.82, 2.24) is 4.90 Å². The van der Waals surface area contributed by atoms with Crippen molar-refractivity contribution in [2.75, 3.05) is 38.8 Å². The Balaban J connectivity index is 1.50. The number of carbonyl (C=O) groups is 2. The first-order valence-corrected chi connectivity index (χ1v) is 14.2. The molecule has 1 N–H and O–H groups in total. The van der Waals surface area contributed by atoms with Gasteiger partial charge in [-0.15, -0.1) is 0 Å². The Labute approximate surface area is 243 Å². The van der Waals surface area contributed by atoms with Crippen LogP contribution in [0, 0.1) is 15.5 Å². The van der Waals surface area contributed by atoms with Gasteiger partial charge in [0, 0.05) is 61.3 Å². The number of ether oxygens (including phenoxy) is 3. The van der Waals surface area contributed by atoms with Gasteiger partial charge >= 0.3 is 11.9 Å². The first-order valence-electron chi connectivity index (χ1n) is 14.2. The second-order valence-corrected chi connectivity index (χ2v) is 11.8. The van der Waals surface area contributed by atoms with Crippen LogP contribution in [0.25, 0.3) is 0 Å². The Morgan fingerprint density at radius 1 is 1.17 bits per heavy atom. The number of non-ortho nitro benzene ring substituents is 1. The molecule has 0 bridgehead atoms. The van der Waals surface area contributed by atoms with E-state index in [1.807, 2.05) is 31.0 Å². The maximum Gasteiger partial charge on any atom is 0.338 e. The number of esters is 2. The van der Waals surface area contributed by atoms with Crippen LogP contribution in [0.5, 0.6) is 5.75 Å². The predicted octanol–water partition coefficient (Wildman–Crippen LogP) is 3.23. The summed E-state index contributed by atoms with van der Waals surface area (Å²) in [5.74, 6) is -0.599. The largest absolute Gasteiger partial charge is 0.497 e. The van der Waals surface area contributed by atoms with Gasteiger partial charge in [-0.1, -0.05) is 25.1 Å². The van der Waals surface area contributed by atoms with E-state index in [-0.39, 0.29) is 17.3 Å². The number of nitro groups is 1. The fraction of sp³-hybridized carbons (Fsp3) is 0.484. The van der Waals surface area contributed by atoms with Crippen LogP contribution < -0.4 is 9.64 Å². The summed E-state index contributed by atoms with van der Waals surface area (Å²) >= 11 is 0. The highest BCUT2D eigenvalue weighted by Gasteiger charge is 2.78. The molecule has 222 valence electrons. The molecule has 3 aliphatic heterocycles. The minimum Gasteiger partial charge on any atom is -0.497 e. The number of hydrogen-bond acceptors (Lipinski definition) is 10. The third-order valence-electron chi connectivity index (χ3n) is 9.96. The molecular weight excluding hydrogens is 542 g/mol. The van der Waals surface area contributed by atoms with Crippen LogP contribution in [0.4, 0.5) is 11.4 Å². The van der Waals surface area contributed by atoms with Crippen molar-refractivity contribution < 1.29 is 33.8 Å². The van der Waals surface area contributed by atoms with Crippen molar-refractivity contribution in [3.05, 3.63) is 75.9 Å². The monoisotopic (exact) mass is 577 g/mol. The van der Waals surface area contributed by atoms with Gasteiger partial charge in [0.25, 0.3) is 5.69 Å². The Morgan fingerprint density at radius 3 is 2.55 bits per heavy atom. The summed E-state index contributed by atoms with van der Waals surface area (Å²) in [4.78, 5) is 40.9. The molecule has 11 nitrogen and oxygen atoms in total. The fourth-order valence-electron chi connectivity index (χ4n) is 8.59. The third kappa shape index (κ3) is 3.72. The molecule has 0 amide bonds. The molecule has 1 spiro atoms. The lowest BCUT2D eigenvalue weighted by atomic mass is 9.48. The minimum atomic E-state index is -1.83. The second kappa shape index (κ2) is 9.81. The van der Waals surface area contributed by atoms with Crippen LogP contribution in [0.15, 0.2) is 54.6 Å². The van der Waals surface area contributed by atoms with Gasteiger partial charge in [0.05, 0.1) is 23.6 Å². The maximum absolute atomic E-state index is 13.2. The molecule has 0 aromatic heterocycles. The minimum absolute atomic E-state index is 0.0860. The van der Waals surface area contributed by atoms with Crippen LogP contribution in [0.2, 0.25) is 0 Å². The lowest BCUT2D eigenvalue weighted by Gasteiger charge is -2.64. The summed E-state index contributed by atoms with van der Waals surface area (Å²) in [6, 6.07) is 10.4. The van der Waals surface area contributed by atoms with Crippen molar-refractivity contribution in [3.8, 4) is 5.75 Å². The zero-order valence-electron chi connectivity index (χ0n) is 24.1. The highest BCUT2D eigenvalue weighted by atomic mass is 16.6. The number of likely N-dealkylation sites (N-methyl/N-ethyl adjacent to an activating group) is 1. The Kier molecular flexibility index (Phi) is 6.58. The van der Waals surface area contributed by atoms with Gasteiger partial charge in [0.15, 0.2) is 5.60 Å². The lowest BCUT2D eigenvalue weighted by molar-refractivity contribution is -0.384. The van der Waals surface area contributed by atoms with Crippen molar-refractivity contribution in [2.24, 2.45) is 5.41 Å². The number of methoxy groups -OCH3 is 1. The molecule has 0 radical (unpaired) electrons. The first-order chi connectivity index (χ1) is 20.0. The van der Waals surface area contributed by atoms with Gasteiger partial charge in [-0.05, 0) is 43.1 Å². The summed E-state index contributed by atoms with van der Waals surface area (Å²) in [6.07, 6.45) is 4.46. The molecule has 1 aliphatic carbocycles. The molecule has 6 atom stereocenters. The molecule has 3 heterocycles. The average molecular weight is 578 g/mol. The zero-order chi connectivity index (χ0) is 30.0. The molecule has 2 aromatic carbocycles. The van der Waals surface area contributed by atoms with Gasteiger partial charge < -0.3 is 24.2 Å². The van der Waals surface area contributed by atoms with E-state index in [0.29, 0.717) is 12.2 Å². The SMILES string of the molecule is CC[C@]12C=CCN3CC[C@@]4(c5ccc(OC)cc5N(C)[C@H]4C(O)(COC(=O)c4ccc([N+](=O)[O-])cc4)[C@@H]1OC(C)=O)[C@@H]32. The number of fused-ring (bicyclic) bond motifs is 1. The fourth-order valence-corrected chi connectivity index (χ4v) is 8.59. The molecule has 1 saturated heterocycles. The summed E-state index contributed by atoms with van der Waals surface area (Å²) in [5, 5.41) is 24.1. The number of rotatable bonds is 7. The Bertz CT molecular complexity index is 1480. The van der Waals surface area contributed by atoms with Crippen LogP contribution in [0.1, 0.15) is 42.6 Å². The van der Waals surface area contributed by atoms with Crippen LogP contribution in [0.3, 0.4) is 0 Å². The topological polar surface area (TPSA) is 132 Å². The molecular formula is C31H35N3O8. The molecule has 2 fully saturated rings. The van der Waals surface area contributed by atoms with E-state index in [0.717, 1.165) is 30.8 Å². The van der Waals surface area contributed by atoms with Crippen LogP contribution >= 0.6 is 0 Å². The van der Waals surface area contributed by atoms with Gasteiger partial charge in [-0.2, -0.15) is 0 Å². The van der Waals surface area contributed by atoms with E-state index in [1.54, 1.807) is 7.11 Å². The van der Waals surface area contributed by atoms with Crippen LogP contribution in [-0.2, 0) is 19.7 Å². The quantitative estimate of drug-likeness (QED) is 0.226. The number of nitro benzene ring substituents is 1. The number of anilines is 1. The Hall–Kier alpha value is -3.96. The van der Waals surface area contributed by atoms with Crippen molar-refractivity contribution in [2.45, 2.75) is 55.9 Å². The molecule has 42 heavy (non-hydrogen) atoms. The normalized spacial score (nSPS) is 32.5. The summed E-state index contributed by atoms with van der Waals surface area (Å²) in [6.45, 7) is 4.44. The number of hydrogen-bond donors (Lipinski definition) is 1. The summed E-state index contributed by atoms with van der Waals surface area (Å²) < 4.78 is 17.5. The van der Waals surface area contributed by atoms with Crippen LogP contribution in [-0.4, -0.2) is 84.5 Å². The van der Waals surface area contributed by atoms with Gasteiger partial charge in [0.1, 0.15) is 18.5 Å². The second-order valence-electron chi connectivity index (χ2n) is 11.8. The predicted molar refractivity (Wildman–Crippen MR) is 153 cm³/mol. The van der Waals surface area contributed by atoms with Gasteiger partial charge in [-0.3, -0.25) is 19.8 Å². The molecule has 2 aromatic rings. The van der Waals surface area contributed by atoms with Crippen molar-refractivity contribution in [1.29, 1.82) is 0 Å². The van der Waals surface area contributed by atoms with Crippen molar-refractivity contribution in [3.63, 3.8) is 0 Å². The zero-order valence-corrected chi connectivity index (χ0v) is 24.1. The lowest BCUT2D eigenvalue weighted by Crippen LogP contribution is -2.80. The average Bonchev–Trinajstić information content (AvgIpc) is 3.50. The van der Waals surface area contributed by atoms with E-state index in [2.05, 4.69) is 23.1 Å². The smallest absolute Gasteiger partial charge is 0.338 e. The van der Waals surface area contributed by atoms with Crippen molar-refractivity contribution >= 4 is 23.3 Å². The molecule has 1 unspecified atom stereocenters. The standard InChI is InChI=1S/C31H35N3O8/c1-5-29-13-6-15-33-16-14-30(26(29)33)23-12-11-22(40-4)17-24(23)32(3)27(30)31(37,28(29)42-19(2)35)18-41-25(36)20-7-9-21(10-8-20)34(38)39/h6-13,17,26-28,37H,5,14-16,18H2,1-4H3/t26-,27+,28+,29+,30+,31?/m0/s1.